The maximum Gasteiger partial charge on any atom is 0.235 e. The molecule has 0 amide bonds. The first-order chi connectivity index (χ1) is 8.18. The van der Waals surface area contributed by atoms with Crippen LogP contribution >= 0.6 is 0 Å². The number of isocyanates is 1. The summed E-state index contributed by atoms with van der Waals surface area (Å²) in [6.45, 7) is 4.28. The Kier molecular flexibility index (Phi) is 2.04. The smallest absolute Gasteiger partial charge is 0.235 e. The van der Waals surface area contributed by atoms with Crippen molar-refractivity contribution in [1.29, 1.82) is 0 Å². The van der Waals surface area contributed by atoms with Gasteiger partial charge in [0.1, 0.15) is 5.54 Å². The number of carbonyl (C=O) groups excluding carboxylic acids is 1. The lowest BCUT2D eigenvalue weighted by molar-refractivity contribution is 0.172. The van der Waals surface area contributed by atoms with Gasteiger partial charge in [-0.3, -0.25) is 0 Å². The van der Waals surface area contributed by atoms with Crippen molar-refractivity contribution in [3.8, 4) is 11.5 Å². The quantitative estimate of drug-likeness (QED) is 0.580. The van der Waals surface area contributed by atoms with Gasteiger partial charge < -0.3 is 9.47 Å². The molecule has 17 heavy (non-hydrogen) atoms. The highest BCUT2D eigenvalue weighted by Gasteiger charge is 2.48. The van der Waals surface area contributed by atoms with E-state index in [4.69, 9.17) is 9.47 Å². The first-order valence-electron chi connectivity index (χ1n) is 5.67. The third kappa shape index (κ3) is 1.38. The third-order valence-corrected chi connectivity index (χ3v) is 3.63. The van der Waals surface area contributed by atoms with Crippen LogP contribution in [0.1, 0.15) is 29.5 Å². The van der Waals surface area contributed by atoms with E-state index in [1.807, 2.05) is 13.8 Å². The van der Waals surface area contributed by atoms with Gasteiger partial charge in [0.25, 0.3) is 0 Å². The average molecular weight is 231 g/mol. The Morgan fingerprint density at radius 2 is 2.00 bits per heavy atom. The molecule has 0 atom stereocenters. The Morgan fingerprint density at radius 3 is 2.65 bits per heavy atom. The molecule has 1 aromatic carbocycles. The van der Waals surface area contributed by atoms with Crippen LogP contribution in [0.25, 0.3) is 0 Å². The number of aryl methyl sites for hydroxylation is 1. The molecular weight excluding hydrogens is 218 g/mol. The summed E-state index contributed by atoms with van der Waals surface area (Å²) in [5, 5.41) is 0. The molecule has 1 aromatic rings. The fraction of sp³-hybridized carbons (Fsp3) is 0.462. The number of hydrogen-bond donors (Lipinski definition) is 0. The summed E-state index contributed by atoms with van der Waals surface area (Å²) >= 11 is 0. The molecule has 0 unspecified atom stereocenters. The highest BCUT2D eigenvalue weighted by atomic mass is 16.7. The van der Waals surface area contributed by atoms with E-state index in [1.54, 1.807) is 6.08 Å². The molecule has 4 heteroatoms. The Morgan fingerprint density at radius 1 is 1.29 bits per heavy atom. The number of fused-ring (bicyclic) bond motifs is 1. The molecule has 4 nitrogen and oxygen atoms in total. The van der Waals surface area contributed by atoms with E-state index < -0.39 is 5.54 Å². The molecule has 1 aliphatic carbocycles. The van der Waals surface area contributed by atoms with E-state index in [0.29, 0.717) is 0 Å². The second kappa shape index (κ2) is 3.34. The van der Waals surface area contributed by atoms with Crippen molar-refractivity contribution in [2.24, 2.45) is 4.99 Å². The minimum absolute atomic E-state index is 0.244. The van der Waals surface area contributed by atoms with Crippen molar-refractivity contribution in [2.75, 3.05) is 6.79 Å². The predicted molar refractivity (Wildman–Crippen MR) is 61.1 cm³/mol. The normalized spacial score (nSPS) is 18.7. The van der Waals surface area contributed by atoms with Crippen LogP contribution in [0.2, 0.25) is 0 Å². The van der Waals surface area contributed by atoms with E-state index in [-0.39, 0.29) is 6.79 Å². The monoisotopic (exact) mass is 231 g/mol. The minimum atomic E-state index is -0.405. The third-order valence-electron chi connectivity index (χ3n) is 3.63. The largest absolute Gasteiger partial charge is 0.453 e. The van der Waals surface area contributed by atoms with Gasteiger partial charge in [-0.1, -0.05) is 0 Å². The fourth-order valence-corrected chi connectivity index (χ4v) is 2.32. The van der Waals surface area contributed by atoms with Crippen molar-refractivity contribution >= 4 is 6.08 Å². The van der Waals surface area contributed by atoms with Gasteiger partial charge in [-0.2, -0.15) is 4.99 Å². The van der Waals surface area contributed by atoms with Crippen molar-refractivity contribution in [3.63, 3.8) is 0 Å². The summed E-state index contributed by atoms with van der Waals surface area (Å²) in [4.78, 5) is 14.5. The van der Waals surface area contributed by atoms with Gasteiger partial charge >= 0.3 is 0 Å². The number of ether oxygens (including phenoxy) is 2. The van der Waals surface area contributed by atoms with Crippen LogP contribution in [-0.2, 0) is 10.3 Å². The zero-order chi connectivity index (χ0) is 12.0. The van der Waals surface area contributed by atoms with E-state index in [0.717, 1.165) is 41.0 Å². The first kappa shape index (κ1) is 10.4. The Balaban J connectivity index is 2.22. The van der Waals surface area contributed by atoms with Gasteiger partial charge in [0.05, 0.1) is 0 Å². The molecule has 88 valence electrons. The molecule has 0 saturated heterocycles. The summed E-state index contributed by atoms with van der Waals surface area (Å²) in [5.41, 5.74) is 2.79. The van der Waals surface area contributed by atoms with Crippen LogP contribution in [0.3, 0.4) is 0 Å². The van der Waals surface area contributed by atoms with Gasteiger partial charge in [-0.15, -0.1) is 0 Å². The Bertz CT molecular complexity index is 540. The standard InChI is InChI=1S/C13H13NO3/c1-8-5-10(13(3-4-13)14-6-15)12-11(9(8)2)16-7-17-12/h5H,3-4,7H2,1-2H3. The van der Waals surface area contributed by atoms with Crippen molar-refractivity contribution in [2.45, 2.75) is 32.2 Å². The van der Waals surface area contributed by atoms with Gasteiger partial charge in [-0.05, 0) is 43.9 Å². The van der Waals surface area contributed by atoms with E-state index >= 15 is 0 Å². The lowest BCUT2D eigenvalue weighted by Crippen LogP contribution is -2.05. The predicted octanol–water partition coefficient (Wildman–Crippen LogP) is 2.36. The molecule has 1 aliphatic heterocycles. The topological polar surface area (TPSA) is 47.9 Å². The Labute approximate surface area is 99.3 Å². The maximum atomic E-state index is 10.5. The molecule has 1 heterocycles. The summed E-state index contributed by atoms with van der Waals surface area (Å²) < 4.78 is 11.0. The van der Waals surface area contributed by atoms with Gasteiger partial charge in [-0.25, -0.2) is 4.79 Å². The SMILES string of the molecule is Cc1cc(C2(N=C=O)CC2)c2c(c1C)OCO2. The summed E-state index contributed by atoms with van der Waals surface area (Å²) in [6, 6.07) is 2.05. The molecule has 0 spiro atoms. The fourth-order valence-electron chi connectivity index (χ4n) is 2.32. The summed E-state index contributed by atoms with van der Waals surface area (Å²) in [5.74, 6) is 1.55. The number of hydrogen-bond acceptors (Lipinski definition) is 4. The van der Waals surface area contributed by atoms with Crippen molar-refractivity contribution in [3.05, 3.63) is 22.8 Å². The second-order valence-corrected chi connectivity index (χ2v) is 4.67. The molecule has 0 radical (unpaired) electrons. The number of nitrogens with zero attached hydrogens (tertiary/aromatic N) is 1. The molecule has 3 rings (SSSR count). The average Bonchev–Trinajstić information content (AvgIpc) is 2.92. The first-order valence-corrected chi connectivity index (χ1v) is 5.67. The van der Waals surface area contributed by atoms with Crippen molar-refractivity contribution in [1.82, 2.24) is 0 Å². The van der Waals surface area contributed by atoms with Crippen LogP contribution in [0.15, 0.2) is 11.1 Å². The van der Waals surface area contributed by atoms with E-state index in [9.17, 15) is 4.79 Å². The van der Waals surface area contributed by atoms with Gasteiger partial charge in [0, 0.05) is 5.56 Å². The Hall–Kier alpha value is -1.80. The summed E-state index contributed by atoms with van der Waals surface area (Å²) in [6.07, 6.45) is 3.42. The zero-order valence-electron chi connectivity index (χ0n) is 9.87. The molecular formula is C13H13NO3. The van der Waals surface area contributed by atoms with E-state index in [1.165, 1.54) is 0 Å². The molecule has 1 fully saturated rings. The van der Waals surface area contributed by atoms with Crippen LogP contribution in [-0.4, -0.2) is 12.9 Å². The van der Waals surface area contributed by atoms with Crippen molar-refractivity contribution < 1.29 is 14.3 Å². The van der Waals surface area contributed by atoms with Crippen LogP contribution < -0.4 is 9.47 Å². The van der Waals surface area contributed by atoms with E-state index in [2.05, 4.69) is 11.1 Å². The molecule has 0 aromatic heterocycles. The number of aliphatic imine (C=N–C) groups is 1. The zero-order valence-corrected chi connectivity index (χ0v) is 9.87. The second-order valence-electron chi connectivity index (χ2n) is 4.67. The maximum absolute atomic E-state index is 10.5. The molecule has 2 aliphatic rings. The number of rotatable bonds is 2. The summed E-state index contributed by atoms with van der Waals surface area (Å²) in [7, 11) is 0. The van der Waals surface area contributed by atoms with Crippen LogP contribution in [0.5, 0.6) is 11.5 Å². The molecule has 0 bridgehead atoms. The highest BCUT2D eigenvalue weighted by Crippen LogP contribution is 2.56. The van der Waals surface area contributed by atoms with Gasteiger partial charge in [0.2, 0.25) is 12.9 Å². The van der Waals surface area contributed by atoms with Crippen LogP contribution in [0.4, 0.5) is 0 Å². The molecule has 0 N–H and O–H groups in total. The highest BCUT2D eigenvalue weighted by molar-refractivity contribution is 5.60. The van der Waals surface area contributed by atoms with Crippen LogP contribution in [0, 0.1) is 13.8 Å². The minimum Gasteiger partial charge on any atom is -0.453 e. The molecule has 1 saturated carbocycles. The van der Waals surface area contributed by atoms with Gasteiger partial charge in [0.15, 0.2) is 11.5 Å². The lowest BCUT2D eigenvalue weighted by atomic mass is 9.97. The number of benzene rings is 1. The lowest BCUT2D eigenvalue weighted by Gasteiger charge is -2.14.